The largest absolute Gasteiger partial charge is 0.480 e. The maximum Gasteiger partial charge on any atom is 0.326 e. The van der Waals surface area contributed by atoms with E-state index in [2.05, 4.69) is 0 Å². The summed E-state index contributed by atoms with van der Waals surface area (Å²) < 4.78 is 32.5. The summed E-state index contributed by atoms with van der Waals surface area (Å²) in [6.07, 6.45) is 1.90. The number of likely N-dealkylation sites (tertiary alicyclic amines) is 1. The molecule has 1 unspecified atom stereocenters. The van der Waals surface area contributed by atoms with E-state index in [1.165, 1.54) is 15.3 Å². The van der Waals surface area contributed by atoms with Gasteiger partial charge < -0.3 is 14.7 Å². The second-order valence-electron chi connectivity index (χ2n) is 6.85. The van der Waals surface area contributed by atoms with Gasteiger partial charge in [0.15, 0.2) is 0 Å². The Hall–Kier alpha value is -1.97. The van der Waals surface area contributed by atoms with Crippen LogP contribution in [0.4, 0.5) is 0 Å². The van der Waals surface area contributed by atoms with E-state index >= 15 is 0 Å². The zero-order valence-corrected chi connectivity index (χ0v) is 16.1. The minimum atomic E-state index is -3.74. The van der Waals surface area contributed by atoms with Gasteiger partial charge in [-0.15, -0.1) is 0 Å². The maximum absolute atomic E-state index is 13.0. The van der Waals surface area contributed by atoms with E-state index in [-0.39, 0.29) is 23.5 Å². The van der Waals surface area contributed by atoms with E-state index in [0.717, 1.165) is 12.8 Å². The number of aryl methyl sites for hydroxylation is 1. The van der Waals surface area contributed by atoms with Gasteiger partial charge in [0.1, 0.15) is 6.04 Å². The molecule has 9 heteroatoms. The Bertz CT molecular complexity index is 832. The van der Waals surface area contributed by atoms with Crippen LogP contribution in [-0.4, -0.2) is 73.5 Å². The van der Waals surface area contributed by atoms with Gasteiger partial charge >= 0.3 is 5.97 Å². The van der Waals surface area contributed by atoms with Crippen molar-refractivity contribution in [2.75, 3.05) is 32.8 Å². The monoisotopic (exact) mass is 396 g/mol. The van der Waals surface area contributed by atoms with Crippen LogP contribution in [0, 0.1) is 6.92 Å². The van der Waals surface area contributed by atoms with Gasteiger partial charge in [-0.1, -0.05) is 6.07 Å². The number of rotatable bonds is 4. The van der Waals surface area contributed by atoms with Crippen LogP contribution >= 0.6 is 0 Å². The number of carboxylic acid groups (broad SMARTS) is 1. The third-order valence-electron chi connectivity index (χ3n) is 5.07. The average molecular weight is 396 g/mol. The molecule has 0 radical (unpaired) electrons. The van der Waals surface area contributed by atoms with Crippen LogP contribution in [0.15, 0.2) is 23.1 Å². The minimum Gasteiger partial charge on any atom is -0.480 e. The molecule has 1 N–H and O–H groups in total. The maximum atomic E-state index is 13.0. The number of carbonyl (C=O) groups is 2. The molecule has 0 saturated carbocycles. The fourth-order valence-corrected chi connectivity index (χ4v) is 5.19. The molecule has 148 valence electrons. The first kappa shape index (κ1) is 19.8. The van der Waals surface area contributed by atoms with Crippen LogP contribution in [0.2, 0.25) is 0 Å². The van der Waals surface area contributed by atoms with Crippen LogP contribution in [0.3, 0.4) is 0 Å². The summed E-state index contributed by atoms with van der Waals surface area (Å²) in [6.45, 7) is 3.26. The Morgan fingerprint density at radius 2 is 1.85 bits per heavy atom. The van der Waals surface area contributed by atoms with Crippen LogP contribution < -0.4 is 0 Å². The highest BCUT2D eigenvalue weighted by Crippen LogP contribution is 2.25. The third kappa shape index (κ3) is 3.99. The molecule has 8 nitrogen and oxygen atoms in total. The predicted octanol–water partition coefficient (Wildman–Crippen LogP) is 1.10. The van der Waals surface area contributed by atoms with E-state index in [1.54, 1.807) is 19.1 Å². The summed E-state index contributed by atoms with van der Waals surface area (Å²) in [5.41, 5.74) is 0.743. The third-order valence-corrected chi connectivity index (χ3v) is 7.11. The number of aliphatic carboxylic acids is 1. The number of hydrogen-bond donors (Lipinski definition) is 1. The molecule has 0 spiro atoms. The first-order chi connectivity index (χ1) is 12.8. The van der Waals surface area contributed by atoms with Crippen molar-refractivity contribution in [3.05, 3.63) is 29.3 Å². The van der Waals surface area contributed by atoms with Crippen LogP contribution in [0.5, 0.6) is 0 Å². The number of amides is 1. The molecule has 0 aromatic heterocycles. The van der Waals surface area contributed by atoms with Gasteiger partial charge in [0.2, 0.25) is 10.0 Å². The van der Waals surface area contributed by atoms with Crippen molar-refractivity contribution in [3.8, 4) is 0 Å². The Morgan fingerprint density at radius 3 is 2.52 bits per heavy atom. The van der Waals surface area contributed by atoms with E-state index in [4.69, 9.17) is 4.74 Å². The number of benzene rings is 1. The summed E-state index contributed by atoms with van der Waals surface area (Å²) in [6, 6.07) is 3.66. The van der Waals surface area contributed by atoms with Crippen molar-refractivity contribution in [1.29, 1.82) is 0 Å². The van der Waals surface area contributed by atoms with Gasteiger partial charge in [0, 0.05) is 25.2 Å². The van der Waals surface area contributed by atoms with Crippen LogP contribution in [0.25, 0.3) is 0 Å². The molecule has 2 saturated heterocycles. The summed E-state index contributed by atoms with van der Waals surface area (Å²) in [4.78, 5) is 25.8. The molecule has 2 aliphatic heterocycles. The summed E-state index contributed by atoms with van der Waals surface area (Å²) in [7, 11) is -3.74. The molecule has 2 aliphatic rings. The molecule has 27 heavy (non-hydrogen) atoms. The van der Waals surface area contributed by atoms with Gasteiger partial charge in [0.25, 0.3) is 5.91 Å². The van der Waals surface area contributed by atoms with Crippen molar-refractivity contribution in [3.63, 3.8) is 0 Å². The highest BCUT2D eigenvalue weighted by atomic mass is 32.2. The lowest BCUT2D eigenvalue weighted by Gasteiger charge is -2.33. The smallest absolute Gasteiger partial charge is 0.326 e. The standard InChI is InChI=1S/C18H24N2O6S/c1-13-5-6-14(17(21)20-7-3-2-4-15(20)18(22)23)12-16(13)27(24,25)19-8-10-26-11-9-19/h5-6,12,15H,2-4,7-11H2,1H3,(H,22,23). The number of piperidine rings is 1. The van der Waals surface area contributed by atoms with E-state index in [1.807, 2.05) is 0 Å². The quantitative estimate of drug-likeness (QED) is 0.817. The topological polar surface area (TPSA) is 104 Å². The molecule has 0 aliphatic carbocycles. The highest BCUT2D eigenvalue weighted by Gasteiger charge is 2.34. The highest BCUT2D eigenvalue weighted by molar-refractivity contribution is 7.89. The van der Waals surface area contributed by atoms with Gasteiger partial charge in [-0.3, -0.25) is 4.79 Å². The lowest BCUT2D eigenvalue weighted by Crippen LogP contribution is -2.48. The minimum absolute atomic E-state index is 0.0825. The predicted molar refractivity (Wildman–Crippen MR) is 97.1 cm³/mol. The molecule has 1 amide bonds. The van der Waals surface area contributed by atoms with Crippen LogP contribution in [-0.2, 0) is 19.6 Å². The molecular weight excluding hydrogens is 372 g/mol. The van der Waals surface area contributed by atoms with Crippen molar-refractivity contribution in [2.24, 2.45) is 0 Å². The average Bonchev–Trinajstić information content (AvgIpc) is 2.68. The van der Waals surface area contributed by atoms with Crippen molar-refractivity contribution in [2.45, 2.75) is 37.1 Å². The van der Waals surface area contributed by atoms with Crippen molar-refractivity contribution < 1.29 is 27.9 Å². The zero-order chi connectivity index (χ0) is 19.6. The van der Waals surface area contributed by atoms with Gasteiger partial charge in [0.05, 0.1) is 18.1 Å². The first-order valence-corrected chi connectivity index (χ1v) is 10.5. The lowest BCUT2D eigenvalue weighted by molar-refractivity contribution is -0.143. The van der Waals surface area contributed by atoms with Crippen LogP contribution in [0.1, 0.15) is 35.2 Å². The zero-order valence-electron chi connectivity index (χ0n) is 15.3. The molecule has 1 aromatic rings. The number of hydrogen-bond acceptors (Lipinski definition) is 5. The molecule has 1 aromatic carbocycles. The van der Waals surface area contributed by atoms with Crippen molar-refractivity contribution in [1.82, 2.24) is 9.21 Å². The van der Waals surface area contributed by atoms with E-state index in [0.29, 0.717) is 31.7 Å². The van der Waals surface area contributed by atoms with Crippen molar-refractivity contribution >= 4 is 21.9 Å². The Morgan fingerprint density at radius 1 is 1.15 bits per heavy atom. The van der Waals surface area contributed by atoms with E-state index < -0.39 is 27.9 Å². The molecule has 2 fully saturated rings. The number of sulfonamides is 1. The molecule has 0 bridgehead atoms. The Kier molecular flexibility index (Phi) is 5.83. The summed E-state index contributed by atoms with van der Waals surface area (Å²) in [5.74, 6) is -1.48. The fraction of sp³-hybridized carbons (Fsp3) is 0.556. The molecular formula is C18H24N2O6S. The second kappa shape index (κ2) is 7.95. The number of nitrogens with zero attached hydrogens (tertiary/aromatic N) is 2. The van der Waals surface area contributed by atoms with Gasteiger partial charge in [-0.25, -0.2) is 13.2 Å². The number of ether oxygens (including phenoxy) is 1. The lowest BCUT2D eigenvalue weighted by atomic mass is 10.0. The van der Waals surface area contributed by atoms with Gasteiger partial charge in [-0.2, -0.15) is 4.31 Å². The molecule has 1 atom stereocenters. The summed E-state index contributed by atoms with van der Waals surface area (Å²) in [5, 5.41) is 9.39. The number of carboxylic acids is 1. The Balaban J connectivity index is 1.92. The fourth-order valence-electron chi connectivity index (χ4n) is 3.53. The summed E-state index contributed by atoms with van der Waals surface area (Å²) >= 11 is 0. The first-order valence-electron chi connectivity index (χ1n) is 9.04. The number of morpholine rings is 1. The molecule has 2 heterocycles. The second-order valence-corrected chi connectivity index (χ2v) is 8.75. The normalized spacial score (nSPS) is 21.8. The van der Waals surface area contributed by atoms with E-state index in [9.17, 15) is 23.1 Å². The SMILES string of the molecule is Cc1ccc(C(=O)N2CCCCC2C(=O)O)cc1S(=O)(=O)N1CCOCC1. The number of carbonyl (C=O) groups excluding carboxylic acids is 1. The Labute approximate surface area is 158 Å². The van der Waals surface area contributed by atoms with Gasteiger partial charge in [-0.05, 0) is 43.9 Å². The molecule has 3 rings (SSSR count).